The van der Waals surface area contributed by atoms with Gasteiger partial charge in [-0.1, -0.05) is 48.9 Å². The number of hydrogen-bond acceptors (Lipinski definition) is 3. The summed E-state index contributed by atoms with van der Waals surface area (Å²) >= 11 is 6.23. The number of amides is 2. The minimum Gasteiger partial charge on any atom is -0.497 e. The molecule has 0 aliphatic carbocycles. The van der Waals surface area contributed by atoms with Crippen molar-refractivity contribution in [2.75, 3.05) is 7.11 Å². The van der Waals surface area contributed by atoms with Gasteiger partial charge in [0.05, 0.1) is 7.11 Å². The third-order valence-corrected chi connectivity index (χ3v) is 5.59. The number of hydrogen-bond donors (Lipinski definition) is 1. The third kappa shape index (κ3) is 6.77. The largest absolute Gasteiger partial charge is 0.497 e. The van der Waals surface area contributed by atoms with E-state index in [4.69, 9.17) is 16.3 Å². The van der Waals surface area contributed by atoms with Gasteiger partial charge in [0.15, 0.2) is 0 Å². The summed E-state index contributed by atoms with van der Waals surface area (Å²) in [6, 6.07) is 14.5. The molecule has 0 spiro atoms. The molecule has 5 nitrogen and oxygen atoms in total. The lowest BCUT2D eigenvalue weighted by Crippen LogP contribution is -2.49. The molecule has 0 saturated heterocycles. The van der Waals surface area contributed by atoms with Crippen molar-refractivity contribution in [3.05, 3.63) is 64.7 Å². The first-order valence-electron chi connectivity index (χ1n) is 10.3. The number of rotatable bonds is 10. The van der Waals surface area contributed by atoms with Gasteiger partial charge < -0.3 is 15.0 Å². The van der Waals surface area contributed by atoms with E-state index < -0.39 is 6.04 Å². The standard InChI is InChI=1S/C24H31ClN2O3/c1-5-17(2)26-24(29)18(3)27(16-19-9-8-11-21(15-19)30-4)23(28)14-13-20-10-6-7-12-22(20)25/h6-12,15,17-18H,5,13-14,16H2,1-4H3,(H,26,29)/t17-,18-/m1/s1. The predicted molar refractivity (Wildman–Crippen MR) is 121 cm³/mol. The number of aryl methyl sites for hydroxylation is 1. The number of nitrogens with one attached hydrogen (secondary N) is 1. The summed E-state index contributed by atoms with van der Waals surface area (Å²) in [6.07, 6.45) is 1.62. The maximum absolute atomic E-state index is 13.2. The molecule has 2 aromatic carbocycles. The first-order chi connectivity index (χ1) is 14.3. The van der Waals surface area contributed by atoms with Crippen molar-refractivity contribution < 1.29 is 14.3 Å². The number of halogens is 1. The van der Waals surface area contributed by atoms with Crippen molar-refractivity contribution in [2.45, 2.75) is 58.7 Å². The highest BCUT2D eigenvalue weighted by molar-refractivity contribution is 6.31. The van der Waals surface area contributed by atoms with Crippen molar-refractivity contribution in [1.82, 2.24) is 10.2 Å². The highest BCUT2D eigenvalue weighted by atomic mass is 35.5. The SMILES string of the molecule is CC[C@@H](C)NC(=O)[C@@H](C)N(Cc1cccc(OC)c1)C(=O)CCc1ccccc1Cl. The van der Waals surface area contributed by atoms with E-state index in [-0.39, 0.29) is 24.3 Å². The maximum Gasteiger partial charge on any atom is 0.242 e. The smallest absolute Gasteiger partial charge is 0.242 e. The Labute approximate surface area is 184 Å². The van der Waals surface area contributed by atoms with Crippen LogP contribution in [-0.2, 0) is 22.6 Å². The molecule has 2 amide bonds. The van der Waals surface area contributed by atoms with Crippen LogP contribution in [0.2, 0.25) is 5.02 Å². The van der Waals surface area contributed by atoms with Crippen LogP contribution < -0.4 is 10.1 Å². The van der Waals surface area contributed by atoms with Crippen LogP contribution in [0.5, 0.6) is 5.75 Å². The molecule has 2 aromatic rings. The van der Waals surface area contributed by atoms with E-state index >= 15 is 0 Å². The van der Waals surface area contributed by atoms with E-state index in [1.165, 1.54) is 0 Å². The normalized spacial score (nSPS) is 12.7. The number of carbonyl (C=O) groups excluding carboxylic acids is 2. The zero-order chi connectivity index (χ0) is 22.1. The Morgan fingerprint density at radius 2 is 1.87 bits per heavy atom. The molecule has 0 aromatic heterocycles. The molecule has 2 atom stereocenters. The number of ether oxygens (including phenoxy) is 1. The lowest BCUT2D eigenvalue weighted by Gasteiger charge is -2.30. The van der Waals surface area contributed by atoms with E-state index in [9.17, 15) is 9.59 Å². The van der Waals surface area contributed by atoms with Crippen LogP contribution in [0, 0.1) is 0 Å². The van der Waals surface area contributed by atoms with Gasteiger partial charge in [-0.2, -0.15) is 0 Å². The first-order valence-corrected chi connectivity index (χ1v) is 10.7. The Kier molecular flexibility index (Phi) is 9.18. The Morgan fingerprint density at radius 3 is 2.53 bits per heavy atom. The van der Waals surface area contributed by atoms with Crippen LogP contribution in [-0.4, -0.2) is 35.9 Å². The molecule has 0 aliphatic rings. The lowest BCUT2D eigenvalue weighted by molar-refractivity contribution is -0.140. The fourth-order valence-electron chi connectivity index (χ4n) is 3.10. The van der Waals surface area contributed by atoms with Crippen LogP contribution in [0.3, 0.4) is 0 Å². The Morgan fingerprint density at radius 1 is 1.13 bits per heavy atom. The molecule has 6 heteroatoms. The molecular weight excluding hydrogens is 400 g/mol. The van der Waals surface area contributed by atoms with Crippen molar-refractivity contribution >= 4 is 23.4 Å². The molecule has 0 heterocycles. The Hall–Kier alpha value is -2.53. The van der Waals surface area contributed by atoms with Gasteiger partial charge in [-0.3, -0.25) is 9.59 Å². The predicted octanol–water partition coefficient (Wildman–Crippen LogP) is 4.61. The van der Waals surface area contributed by atoms with Crippen LogP contribution in [0.1, 0.15) is 44.7 Å². The minimum atomic E-state index is -0.594. The van der Waals surface area contributed by atoms with E-state index in [2.05, 4.69) is 5.32 Å². The van der Waals surface area contributed by atoms with E-state index in [1.54, 1.807) is 18.9 Å². The van der Waals surface area contributed by atoms with Gasteiger partial charge >= 0.3 is 0 Å². The highest BCUT2D eigenvalue weighted by Gasteiger charge is 2.26. The number of carbonyl (C=O) groups is 2. The fraction of sp³-hybridized carbons (Fsp3) is 0.417. The summed E-state index contributed by atoms with van der Waals surface area (Å²) in [5, 5.41) is 3.62. The van der Waals surface area contributed by atoms with Crippen LogP contribution in [0.15, 0.2) is 48.5 Å². The fourth-order valence-corrected chi connectivity index (χ4v) is 3.33. The van der Waals surface area contributed by atoms with Crippen LogP contribution in [0.4, 0.5) is 0 Å². The van der Waals surface area contributed by atoms with Gasteiger partial charge in [0.1, 0.15) is 11.8 Å². The average Bonchev–Trinajstić information content (AvgIpc) is 2.76. The monoisotopic (exact) mass is 430 g/mol. The van der Waals surface area contributed by atoms with Gasteiger partial charge in [-0.25, -0.2) is 0 Å². The van der Waals surface area contributed by atoms with Gasteiger partial charge in [0.25, 0.3) is 0 Å². The summed E-state index contributed by atoms with van der Waals surface area (Å²) in [7, 11) is 1.61. The quantitative estimate of drug-likeness (QED) is 0.598. The van der Waals surface area contributed by atoms with E-state index in [1.807, 2.05) is 62.4 Å². The molecule has 1 N–H and O–H groups in total. The number of benzene rings is 2. The number of methoxy groups -OCH3 is 1. The minimum absolute atomic E-state index is 0.0526. The Bertz CT molecular complexity index is 856. The van der Waals surface area contributed by atoms with Crippen molar-refractivity contribution in [3.8, 4) is 5.75 Å². The molecule has 162 valence electrons. The lowest BCUT2D eigenvalue weighted by atomic mass is 10.1. The topological polar surface area (TPSA) is 58.6 Å². The summed E-state index contributed by atoms with van der Waals surface area (Å²) in [5.74, 6) is 0.468. The van der Waals surface area contributed by atoms with Crippen LogP contribution in [0.25, 0.3) is 0 Å². The van der Waals surface area contributed by atoms with Crippen molar-refractivity contribution in [2.24, 2.45) is 0 Å². The second-order valence-corrected chi connectivity index (χ2v) is 7.87. The summed E-state index contributed by atoms with van der Waals surface area (Å²) < 4.78 is 5.29. The van der Waals surface area contributed by atoms with Gasteiger partial charge in [-0.05, 0) is 56.0 Å². The molecule has 2 rings (SSSR count). The van der Waals surface area contributed by atoms with E-state index in [0.29, 0.717) is 23.7 Å². The van der Waals surface area contributed by atoms with Gasteiger partial charge in [0.2, 0.25) is 11.8 Å². The molecule has 30 heavy (non-hydrogen) atoms. The molecule has 0 bridgehead atoms. The summed E-state index contributed by atoms with van der Waals surface area (Å²) in [4.78, 5) is 27.5. The van der Waals surface area contributed by atoms with Gasteiger partial charge in [0, 0.05) is 24.0 Å². The molecular formula is C24H31ClN2O3. The summed E-state index contributed by atoms with van der Waals surface area (Å²) in [6.45, 7) is 6.06. The van der Waals surface area contributed by atoms with Crippen molar-refractivity contribution in [1.29, 1.82) is 0 Å². The third-order valence-electron chi connectivity index (χ3n) is 5.22. The summed E-state index contributed by atoms with van der Waals surface area (Å²) in [5.41, 5.74) is 1.83. The zero-order valence-electron chi connectivity index (χ0n) is 18.2. The molecule has 0 unspecified atom stereocenters. The van der Waals surface area contributed by atoms with Crippen LogP contribution >= 0.6 is 11.6 Å². The first kappa shape index (κ1) is 23.7. The highest BCUT2D eigenvalue weighted by Crippen LogP contribution is 2.20. The second-order valence-electron chi connectivity index (χ2n) is 7.46. The molecule has 0 fully saturated rings. The average molecular weight is 431 g/mol. The van der Waals surface area contributed by atoms with Crippen molar-refractivity contribution in [3.63, 3.8) is 0 Å². The van der Waals surface area contributed by atoms with Gasteiger partial charge in [-0.15, -0.1) is 0 Å². The molecule has 0 saturated carbocycles. The Balaban J connectivity index is 2.19. The zero-order valence-corrected chi connectivity index (χ0v) is 18.9. The molecule has 0 aliphatic heterocycles. The number of nitrogens with zero attached hydrogens (tertiary/aromatic N) is 1. The van der Waals surface area contributed by atoms with E-state index in [0.717, 1.165) is 17.5 Å². The molecule has 0 radical (unpaired) electrons. The maximum atomic E-state index is 13.2. The second kappa shape index (κ2) is 11.6.